The maximum atomic E-state index is 5.69. The van der Waals surface area contributed by atoms with E-state index in [1.54, 1.807) is 0 Å². The van der Waals surface area contributed by atoms with Gasteiger partial charge in [-0.2, -0.15) is 0 Å². The summed E-state index contributed by atoms with van der Waals surface area (Å²) in [7, 11) is 0. The first-order valence-electron chi connectivity index (χ1n) is 9.29. The molecule has 0 saturated heterocycles. The lowest BCUT2D eigenvalue weighted by molar-refractivity contribution is -0.0102. The summed E-state index contributed by atoms with van der Waals surface area (Å²) >= 11 is 5.69. The predicted octanol–water partition coefficient (Wildman–Crippen LogP) is 4.14. The maximum Gasteiger partial charge on any atom is 0.166 e. The normalized spacial score (nSPS) is 42.6. The molecule has 0 unspecified atom stereocenters. The smallest absolute Gasteiger partial charge is 0.166 e. The van der Waals surface area contributed by atoms with E-state index in [9.17, 15) is 0 Å². The van der Waals surface area contributed by atoms with E-state index in [2.05, 4.69) is 10.6 Å². The van der Waals surface area contributed by atoms with E-state index in [1.165, 1.54) is 77.0 Å². The van der Waals surface area contributed by atoms with Crippen molar-refractivity contribution in [3.8, 4) is 0 Å². The Morgan fingerprint density at radius 1 is 0.810 bits per heavy atom. The van der Waals surface area contributed by atoms with Crippen LogP contribution in [0.1, 0.15) is 77.0 Å². The van der Waals surface area contributed by atoms with Crippen LogP contribution in [0.3, 0.4) is 0 Å². The van der Waals surface area contributed by atoms with Gasteiger partial charge in [-0.15, -0.1) is 0 Å². The number of nitrogens with one attached hydrogen (secondary N) is 2. The van der Waals surface area contributed by atoms with Gasteiger partial charge in [0.05, 0.1) is 0 Å². The van der Waals surface area contributed by atoms with Crippen LogP contribution in [0.25, 0.3) is 0 Å². The van der Waals surface area contributed by atoms with E-state index in [4.69, 9.17) is 12.2 Å². The van der Waals surface area contributed by atoms with Gasteiger partial charge in [-0.1, -0.05) is 25.7 Å². The summed E-state index contributed by atoms with van der Waals surface area (Å²) < 4.78 is 0. The Kier molecular flexibility index (Phi) is 3.89. The van der Waals surface area contributed by atoms with Crippen LogP contribution in [0.2, 0.25) is 0 Å². The van der Waals surface area contributed by atoms with E-state index in [0.717, 1.165) is 22.9 Å². The van der Waals surface area contributed by atoms with Crippen LogP contribution in [0, 0.1) is 17.8 Å². The number of hydrogen-bond acceptors (Lipinski definition) is 1. The van der Waals surface area contributed by atoms with Crippen LogP contribution >= 0.6 is 12.2 Å². The third kappa shape index (κ3) is 3.09. The molecule has 0 atom stereocenters. The first kappa shape index (κ1) is 14.3. The van der Waals surface area contributed by atoms with Crippen molar-refractivity contribution < 1.29 is 0 Å². The molecule has 21 heavy (non-hydrogen) atoms. The fourth-order valence-corrected chi connectivity index (χ4v) is 6.53. The van der Waals surface area contributed by atoms with Gasteiger partial charge in [0.2, 0.25) is 0 Å². The minimum absolute atomic E-state index is 0.365. The van der Waals surface area contributed by atoms with Crippen molar-refractivity contribution in [1.29, 1.82) is 0 Å². The van der Waals surface area contributed by atoms with Crippen molar-refractivity contribution in [2.24, 2.45) is 17.8 Å². The highest BCUT2D eigenvalue weighted by molar-refractivity contribution is 7.80. The lowest BCUT2D eigenvalue weighted by atomic mass is 9.53. The molecule has 2 nitrogen and oxygen atoms in total. The molecule has 0 heterocycles. The Balaban J connectivity index is 1.35. The second-order valence-electron chi connectivity index (χ2n) is 8.48. The van der Waals surface area contributed by atoms with E-state index >= 15 is 0 Å². The number of rotatable bonds is 2. The van der Waals surface area contributed by atoms with Gasteiger partial charge in [0.25, 0.3) is 0 Å². The summed E-state index contributed by atoms with van der Waals surface area (Å²) in [6.45, 7) is 0. The van der Waals surface area contributed by atoms with E-state index in [-0.39, 0.29) is 0 Å². The van der Waals surface area contributed by atoms with Gasteiger partial charge in [-0.25, -0.2) is 0 Å². The second kappa shape index (κ2) is 5.72. The molecule has 5 saturated carbocycles. The first-order valence-corrected chi connectivity index (χ1v) is 9.70. The topological polar surface area (TPSA) is 24.1 Å². The van der Waals surface area contributed by atoms with Crippen LogP contribution in [-0.2, 0) is 0 Å². The molecule has 0 aliphatic heterocycles. The summed E-state index contributed by atoms with van der Waals surface area (Å²) in [4.78, 5) is 0. The zero-order chi connectivity index (χ0) is 14.3. The summed E-state index contributed by atoms with van der Waals surface area (Å²) in [6, 6.07) is 0.626. The quantitative estimate of drug-likeness (QED) is 0.592. The minimum Gasteiger partial charge on any atom is -0.360 e. The van der Waals surface area contributed by atoms with Gasteiger partial charge >= 0.3 is 0 Å². The van der Waals surface area contributed by atoms with Gasteiger partial charge in [0, 0.05) is 11.6 Å². The molecule has 3 heteroatoms. The predicted molar refractivity (Wildman–Crippen MR) is 91.3 cm³/mol. The van der Waals surface area contributed by atoms with Crippen LogP contribution in [0.5, 0.6) is 0 Å². The Hall–Kier alpha value is -0.310. The van der Waals surface area contributed by atoms with Crippen LogP contribution in [0.15, 0.2) is 0 Å². The largest absolute Gasteiger partial charge is 0.360 e. The summed E-state index contributed by atoms with van der Waals surface area (Å²) in [5.74, 6) is 2.97. The Morgan fingerprint density at radius 3 is 1.86 bits per heavy atom. The first-order chi connectivity index (χ1) is 10.2. The molecule has 0 spiro atoms. The molecule has 5 rings (SSSR count). The molecule has 118 valence electrons. The average molecular weight is 307 g/mol. The van der Waals surface area contributed by atoms with Gasteiger partial charge in [0.15, 0.2) is 5.11 Å². The molecule has 0 aromatic rings. The lowest BCUT2D eigenvalue weighted by Crippen LogP contribution is -2.62. The summed E-state index contributed by atoms with van der Waals surface area (Å²) in [5.41, 5.74) is 0.365. The van der Waals surface area contributed by atoms with Crippen molar-refractivity contribution in [3.63, 3.8) is 0 Å². The fourth-order valence-electron chi connectivity index (χ4n) is 6.15. The van der Waals surface area contributed by atoms with Gasteiger partial charge in [0.1, 0.15) is 0 Å². The summed E-state index contributed by atoms with van der Waals surface area (Å²) in [6.07, 6.45) is 16.8. The van der Waals surface area contributed by atoms with Crippen molar-refractivity contribution in [2.75, 3.05) is 0 Å². The molecule has 5 aliphatic carbocycles. The van der Waals surface area contributed by atoms with E-state index in [0.29, 0.717) is 11.6 Å². The Bertz CT molecular complexity index is 363. The molecule has 0 aromatic heterocycles. The van der Waals surface area contributed by atoms with Gasteiger partial charge < -0.3 is 10.6 Å². The third-order valence-electron chi connectivity index (χ3n) is 6.61. The van der Waals surface area contributed by atoms with Crippen LogP contribution in [-0.4, -0.2) is 16.7 Å². The van der Waals surface area contributed by atoms with Crippen molar-refractivity contribution in [1.82, 2.24) is 10.6 Å². The lowest BCUT2D eigenvalue weighted by Gasteiger charge is -2.57. The maximum absolute atomic E-state index is 5.69. The molecule has 0 amide bonds. The van der Waals surface area contributed by atoms with Crippen LogP contribution < -0.4 is 10.6 Å². The molecule has 5 aliphatic rings. The highest BCUT2D eigenvalue weighted by atomic mass is 32.1. The van der Waals surface area contributed by atoms with E-state index in [1.807, 2.05) is 0 Å². The monoisotopic (exact) mass is 306 g/mol. The highest BCUT2D eigenvalue weighted by Gasteiger charge is 2.51. The Labute approximate surface area is 134 Å². The summed E-state index contributed by atoms with van der Waals surface area (Å²) in [5, 5.41) is 8.43. The molecule has 5 fully saturated rings. The van der Waals surface area contributed by atoms with Crippen molar-refractivity contribution in [2.45, 2.75) is 88.6 Å². The average Bonchev–Trinajstić information content (AvgIpc) is 2.64. The number of hydrogen-bond donors (Lipinski definition) is 2. The molecule has 0 aromatic carbocycles. The highest BCUT2D eigenvalue weighted by Crippen LogP contribution is 2.55. The van der Waals surface area contributed by atoms with Gasteiger partial charge in [-0.3, -0.25) is 0 Å². The molecular formula is C18H30N2S. The zero-order valence-corrected chi connectivity index (χ0v) is 14.0. The Morgan fingerprint density at radius 2 is 1.33 bits per heavy atom. The SMILES string of the molecule is S=C(NC1CCCCCC1)NC12CC3CC(CC(C3)C1)C2. The van der Waals surface area contributed by atoms with Crippen molar-refractivity contribution in [3.05, 3.63) is 0 Å². The fraction of sp³-hybridized carbons (Fsp3) is 0.944. The molecule has 0 radical (unpaired) electrons. The van der Waals surface area contributed by atoms with Crippen molar-refractivity contribution >= 4 is 17.3 Å². The standard InChI is InChI=1S/C18H30N2S/c21-17(19-16-5-3-1-2-4-6-16)20-18-10-13-7-14(11-18)9-15(8-13)12-18/h13-16H,1-12H2,(H2,19,20,21). The van der Waals surface area contributed by atoms with Gasteiger partial charge in [-0.05, 0) is 81.3 Å². The molecule has 4 bridgehead atoms. The number of thiocarbonyl (C=S) groups is 1. The minimum atomic E-state index is 0.365. The van der Waals surface area contributed by atoms with Crippen LogP contribution in [0.4, 0.5) is 0 Å². The second-order valence-corrected chi connectivity index (χ2v) is 8.89. The third-order valence-corrected chi connectivity index (χ3v) is 6.83. The molecular weight excluding hydrogens is 276 g/mol. The molecule has 2 N–H and O–H groups in total. The zero-order valence-electron chi connectivity index (χ0n) is 13.2. The van der Waals surface area contributed by atoms with E-state index < -0.39 is 0 Å².